The van der Waals surface area contributed by atoms with Crippen molar-refractivity contribution >= 4 is 5.69 Å². The Morgan fingerprint density at radius 2 is 2.35 bits per heavy atom. The van der Waals surface area contributed by atoms with Gasteiger partial charge in [0.2, 0.25) is 5.88 Å². The number of likely N-dealkylation sites (N-methyl/N-ethyl adjacent to an activating group) is 1. The Morgan fingerprint density at radius 3 is 3.06 bits per heavy atom. The standard InChI is InChI=1S/C13H21N3O/c1-10-7-11(14)8-15-13(10)17-9-12-5-3-4-6-16(12)2/h7-8,12H,3-6,9,14H2,1-2H3. The molecule has 0 radical (unpaired) electrons. The van der Waals surface area contributed by atoms with Gasteiger partial charge in [-0.05, 0) is 39.4 Å². The number of hydrogen-bond donors (Lipinski definition) is 1. The number of nitrogen functional groups attached to an aromatic ring is 1. The van der Waals surface area contributed by atoms with Gasteiger partial charge in [-0.3, -0.25) is 0 Å². The molecule has 1 atom stereocenters. The summed E-state index contributed by atoms with van der Waals surface area (Å²) in [5, 5.41) is 0. The average molecular weight is 235 g/mol. The van der Waals surface area contributed by atoms with Gasteiger partial charge in [-0.1, -0.05) is 6.42 Å². The van der Waals surface area contributed by atoms with Crippen LogP contribution in [0.5, 0.6) is 5.88 Å². The maximum atomic E-state index is 5.79. The number of nitrogens with two attached hydrogens (primary N) is 1. The Bertz CT molecular complexity index is 381. The number of pyridine rings is 1. The van der Waals surface area contributed by atoms with Crippen LogP contribution < -0.4 is 10.5 Å². The summed E-state index contributed by atoms with van der Waals surface area (Å²) in [7, 11) is 2.16. The van der Waals surface area contributed by atoms with E-state index in [0.717, 1.165) is 5.56 Å². The smallest absolute Gasteiger partial charge is 0.216 e. The van der Waals surface area contributed by atoms with E-state index in [0.29, 0.717) is 24.2 Å². The van der Waals surface area contributed by atoms with E-state index in [9.17, 15) is 0 Å². The zero-order chi connectivity index (χ0) is 12.3. The Labute approximate surface area is 103 Å². The first-order chi connectivity index (χ1) is 8.16. The van der Waals surface area contributed by atoms with Gasteiger partial charge in [0, 0.05) is 11.6 Å². The quantitative estimate of drug-likeness (QED) is 0.868. The minimum Gasteiger partial charge on any atom is -0.476 e. The minimum atomic E-state index is 0.516. The molecule has 0 bridgehead atoms. The molecule has 1 unspecified atom stereocenters. The topological polar surface area (TPSA) is 51.4 Å². The van der Waals surface area contributed by atoms with Crippen molar-refractivity contribution in [3.63, 3.8) is 0 Å². The van der Waals surface area contributed by atoms with Crippen LogP contribution >= 0.6 is 0 Å². The van der Waals surface area contributed by atoms with Gasteiger partial charge in [0.1, 0.15) is 6.61 Å². The average Bonchev–Trinajstić information content (AvgIpc) is 2.30. The van der Waals surface area contributed by atoms with E-state index < -0.39 is 0 Å². The van der Waals surface area contributed by atoms with Crippen LogP contribution in [0.25, 0.3) is 0 Å². The molecule has 0 aromatic carbocycles. The van der Waals surface area contributed by atoms with Gasteiger partial charge in [-0.25, -0.2) is 4.98 Å². The van der Waals surface area contributed by atoms with Crippen molar-refractivity contribution in [2.45, 2.75) is 32.2 Å². The Morgan fingerprint density at radius 1 is 1.53 bits per heavy atom. The van der Waals surface area contributed by atoms with Crippen LogP contribution in [0.2, 0.25) is 0 Å². The number of hydrogen-bond acceptors (Lipinski definition) is 4. The number of rotatable bonds is 3. The first-order valence-electron chi connectivity index (χ1n) is 6.22. The maximum absolute atomic E-state index is 5.79. The van der Waals surface area contributed by atoms with E-state index >= 15 is 0 Å². The molecule has 4 heteroatoms. The summed E-state index contributed by atoms with van der Waals surface area (Å²) in [5.74, 6) is 0.707. The van der Waals surface area contributed by atoms with Crippen LogP contribution in [0.1, 0.15) is 24.8 Å². The normalized spacial score (nSPS) is 21.4. The number of aryl methyl sites for hydroxylation is 1. The number of nitrogens with zero attached hydrogens (tertiary/aromatic N) is 2. The van der Waals surface area contributed by atoms with Crippen molar-refractivity contribution < 1.29 is 4.74 Å². The molecule has 1 aliphatic heterocycles. The zero-order valence-corrected chi connectivity index (χ0v) is 10.6. The van der Waals surface area contributed by atoms with E-state index in [1.54, 1.807) is 6.20 Å². The highest BCUT2D eigenvalue weighted by Crippen LogP contribution is 2.19. The van der Waals surface area contributed by atoms with E-state index in [1.165, 1.54) is 25.8 Å². The third kappa shape index (κ3) is 3.09. The van der Waals surface area contributed by atoms with Gasteiger partial charge in [-0.15, -0.1) is 0 Å². The fourth-order valence-corrected chi connectivity index (χ4v) is 2.26. The predicted molar refractivity (Wildman–Crippen MR) is 69.2 cm³/mol. The Kier molecular flexibility index (Phi) is 3.84. The third-order valence-corrected chi connectivity index (χ3v) is 3.39. The molecule has 17 heavy (non-hydrogen) atoms. The van der Waals surface area contributed by atoms with Crippen molar-refractivity contribution in [2.75, 3.05) is 25.9 Å². The maximum Gasteiger partial charge on any atom is 0.216 e. The molecule has 0 saturated carbocycles. The molecule has 0 aliphatic carbocycles. The highest BCUT2D eigenvalue weighted by Gasteiger charge is 2.19. The predicted octanol–water partition coefficient (Wildman–Crippen LogP) is 1.84. The molecular formula is C13H21N3O. The van der Waals surface area contributed by atoms with E-state index in [-0.39, 0.29) is 0 Å². The first-order valence-corrected chi connectivity index (χ1v) is 6.22. The summed E-state index contributed by atoms with van der Waals surface area (Å²) in [6.45, 7) is 3.86. The second-order valence-corrected chi connectivity index (χ2v) is 4.83. The van der Waals surface area contributed by atoms with Gasteiger partial charge in [0.25, 0.3) is 0 Å². The summed E-state index contributed by atoms with van der Waals surface area (Å²) >= 11 is 0. The van der Waals surface area contributed by atoms with Gasteiger partial charge < -0.3 is 15.4 Å². The lowest BCUT2D eigenvalue weighted by Crippen LogP contribution is -2.40. The van der Waals surface area contributed by atoms with Gasteiger partial charge in [-0.2, -0.15) is 0 Å². The molecule has 1 aromatic heterocycles. The van der Waals surface area contributed by atoms with Crippen molar-refractivity contribution in [2.24, 2.45) is 0 Å². The molecule has 1 saturated heterocycles. The van der Waals surface area contributed by atoms with E-state index in [4.69, 9.17) is 10.5 Å². The second-order valence-electron chi connectivity index (χ2n) is 4.83. The van der Waals surface area contributed by atoms with Crippen molar-refractivity contribution in [1.29, 1.82) is 0 Å². The first kappa shape index (κ1) is 12.2. The minimum absolute atomic E-state index is 0.516. The Hall–Kier alpha value is -1.29. The zero-order valence-electron chi connectivity index (χ0n) is 10.6. The highest BCUT2D eigenvalue weighted by molar-refractivity contribution is 5.41. The fraction of sp³-hybridized carbons (Fsp3) is 0.615. The number of piperidine rings is 1. The molecule has 2 rings (SSSR count). The Balaban J connectivity index is 1.92. The molecule has 1 aromatic rings. The van der Waals surface area contributed by atoms with E-state index in [1.807, 2.05) is 13.0 Å². The van der Waals surface area contributed by atoms with Crippen LogP contribution in [0.15, 0.2) is 12.3 Å². The third-order valence-electron chi connectivity index (χ3n) is 3.39. The van der Waals surface area contributed by atoms with Crippen LogP contribution in [0.4, 0.5) is 5.69 Å². The summed E-state index contributed by atoms with van der Waals surface area (Å²) in [4.78, 5) is 6.59. The number of aromatic nitrogens is 1. The molecule has 4 nitrogen and oxygen atoms in total. The number of likely N-dealkylation sites (tertiary alicyclic amines) is 1. The molecule has 2 N–H and O–H groups in total. The molecule has 1 fully saturated rings. The lowest BCUT2D eigenvalue weighted by molar-refractivity contribution is 0.122. The summed E-state index contributed by atoms with van der Waals surface area (Å²) in [6.07, 6.45) is 5.45. The van der Waals surface area contributed by atoms with Crippen molar-refractivity contribution in [1.82, 2.24) is 9.88 Å². The van der Waals surface area contributed by atoms with Gasteiger partial charge in [0.05, 0.1) is 11.9 Å². The summed E-state index contributed by atoms with van der Waals surface area (Å²) in [5.41, 5.74) is 7.35. The van der Waals surface area contributed by atoms with Crippen LogP contribution in [-0.4, -0.2) is 36.1 Å². The lowest BCUT2D eigenvalue weighted by atomic mass is 10.0. The highest BCUT2D eigenvalue weighted by atomic mass is 16.5. The monoisotopic (exact) mass is 235 g/mol. The number of ether oxygens (including phenoxy) is 1. The van der Waals surface area contributed by atoms with Gasteiger partial charge in [0.15, 0.2) is 0 Å². The van der Waals surface area contributed by atoms with Crippen LogP contribution in [0.3, 0.4) is 0 Å². The molecule has 2 heterocycles. The second kappa shape index (κ2) is 5.36. The number of anilines is 1. The largest absolute Gasteiger partial charge is 0.476 e. The van der Waals surface area contributed by atoms with Crippen LogP contribution in [0, 0.1) is 6.92 Å². The van der Waals surface area contributed by atoms with Crippen molar-refractivity contribution in [3.05, 3.63) is 17.8 Å². The lowest BCUT2D eigenvalue weighted by Gasteiger charge is -2.32. The fourth-order valence-electron chi connectivity index (χ4n) is 2.26. The molecular weight excluding hydrogens is 214 g/mol. The van der Waals surface area contributed by atoms with Crippen LogP contribution in [-0.2, 0) is 0 Å². The van der Waals surface area contributed by atoms with E-state index in [2.05, 4.69) is 16.9 Å². The molecule has 94 valence electrons. The van der Waals surface area contributed by atoms with Crippen molar-refractivity contribution in [3.8, 4) is 5.88 Å². The molecule has 0 amide bonds. The molecule has 1 aliphatic rings. The molecule has 0 spiro atoms. The summed E-state index contributed by atoms with van der Waals surface area (Å²) < 4.78 is 5.79. The summed E-state index contributed by atoms with van der Waals surface area (Å²) in [6, 6.07) is 2.41. The van der Waals surface area contributed by atoms with Gasteiger partial charge >= 0.3 is 0 Å². The SMILES string of the molecule is Cc1cc(N)cnc1OCC1CCCCN1C.